The number of benzene rings is 1. The average Bonchev–Trinajstić information content (AvgIpc) is 2.73. The molecule has 0 saturated carbocycles. The molecule has 1 aromatic rings. The summed E-state index contributed by atoms with van der Waals surface area (Å²) in [6.07, 6.45) is 0.919. The molecule has 2 aliphatic heterocycles. The quantitative estimate of drug-likeness (QED) is 0.850. The minimum Gasteiger partial charge on any atom is -0.483 e. The number of nitrogens with zero attached hydrogens (tertiary/aromatic N) is 1. The molecular weight excluding hydrogens is 305 g/mol. The van der Waals surface area contributed by atoms with Gasteiger partial charge < -0.3 is 4.74 Å². The molecule has 4 nitrogen and oxygen atoms in total. The van der Waals surface area contributed by atoms with Gasteiger partial charge in [-0.1, -0.05) is 12.1 Å². The lowest BCUT2D eigenvalue weighted by atomic mass is 9.91. The topological polar surface area (TPSA) is 46.6 Å². The lowest BCUT2D eigenvalue weighted by Gasteiger charge is -2.38. The predicted molar refractivity (Wildman–Crippen MR) is 83.3 cm³/mol. The Morgan fingerprint density at radius 1 is 1.32 bits per heavy atom. The largest absolute Gasteiger partial charge is 0.483 e. The molecule has 0 bridgehead atoms. The predicted octanol–water partition coefficient (Wildman–Crippen LogP) is 2.10. The maximum atomic E-state index is 13.7. The second-order valence-corrected chi connectivity index (χ2v) is 9.35. The zero-order chi connectivity index (χ0) is 16.0. The van der Waals surface area contributed by atoms with E-state index in [0.717, 1.165) is 19.5 Å². The summed E-state index contributed by atoms with van der Waals surface area (Å²) in [5.74, 6) is 0.516. The third-order valence-corrected chi connectivity index (χ3v) is 6.50. The Morgan fingerprint density at radius 2 is 2.00 bits per heavy atom. The summed E-state index contributed by atoms with van der Waals surface area (Å²) >= 11 is 0. The number of rotatable bonds is 4. The fraction of sp³-hybridized carbons (Fsp3) is 0.625. The number of ether oxygens (including phenoxy) is 1. The second-order valence-electron chi connectivity index (χ2n) is 7.29. The van der Waals surface area contributed by atoms with Crippen LogP contribution in [-0.2, 0) is 9.84 Å². The molecule has 3 rings (SSSR count). The van der Waals surface area contributed by atoms with Crippen LogP contribution in [-0.4, -0.2) is 50.1 Å². The first-order valence-corrected chi connectivity index (χ1v) is 9.37. The van der Waals surface area contributed by atoms with E-state index in [2.05, 4.69) is 4.90 Å². The van der Waals surface area contributed by atoms with Gasteiger partial charge in [0.25, 0.3) is 0 Å². The molecule has 0 aromatic heterocycles. The van der Waals surface area contributed by atoms with Gasteiger partial charge in [-0.15, -0.1) is 0 Å². The number of sulfone groups is 1. The van der Waals surface area contributed by atoms with Crippen LogP contribution in [0.4, 0.5) is 4.39 Å². The monoisotopic (exact) mass is 327 g/mol. The molecule has 0 amide bonds. The van der Waals surface area contributed by atoms with Crippen molar-refractivity contribution in [2.45, 2.75) is 25.9 Å². The van der Waals surface area contributed by atoms with Crippen molar-refractivity contribution < 1.29 is 17.5 Å². The van der Waals surface area contributed by atoms with Crippen LogP contribution in [0.5, 0.6) is 5.75 Å². The van der Waals surface area contributed by atoms with Crippen LogP contribution in [0.1, 0.15) is 20.3 Å². The van der Waals surface area contributed by atoms with Gasteiger partial charge in [0.15, 0.2) is 21.4 Å². The lowest BCUT2D eigenvalue weighted by Crippen LogP contribution is -2.51. The Hall–Kier alpha value is -1.14. The Labute approximate surface area is 131 Å². The van der Waals surface area contributed by atoms with Gasteiger partial charge in [-0.2, -0.15) is 0 Å². The first kappa shape index (κ1) is 15.7. The van der Waals surface area contributed by atoms with Gasteiger partial charge in [0.1, 0.15) is 5.60 Å². The van der Waals surface area contributed by atoms with Crippen LogP contribution in [0, 0.1) is 11.2 Å². The minimum absolute atomic E-state index is 0.0487. The van der Waals surface area contributed by atoms with Gasteiger partial charge in [-0.3, -0.25) is 4.90 Å². The van der Waals surface area contributed by atoms with E-state index in [1.54, 1.807) is 18.2 Å². The second kappa shape index (κ2) is 5.20. The number of halogens is 1. The van der Waals surface area contributed by atoms with Crippen molar-refractivity contribution in [1.29, 1.82) is 0 Å². The number of hydrogen-bond acceptors (Lipinski definition) is 4. The smallest absolute Gasteiger partial charge is 0.165 e. The van der Waals surface area contributed by atoms with Crippen molar-refractivity contribution in [2.75, 3.05) is 31.1 Å². The summed E-state index contributed by atoms with van der Waals surface area (Å²) in [4.78, 5) is 2.23. The third-order valence-electron chi connectivity index (χ3n) is 4.40. The van der Waals surface area contributed by atoms with Crippen molar-refractivity contribution in [3.05, 3.63) is 30.1 Å². The number of likely N-dealkylation sites (tertiary alicyclic amines) is 1. The van der Waals surface area contributed by atoms with Crippen LogP contribution in [0.15, 0.2) is 24.3 Å². The molecular formula is C16H22FNO3S. The van der Waals surface area contributed by atoms with Crippen molar-refractivity contribution >= 4 is 9.84 Å². The summed E-state index contributed by atoms with van der Waals surface area (Å²) in [5, 5.41) is 0. The minimum atomic E-state index is -2.80. The van der Waals surface area contributed by atoms with E-state index < -0.39 is 15.4 Å². The third kappa shape index (κ3) is 3.27. The van der Waals surface area contributed by atoms with Crippen molar-refractivity contribution in [2.24, 2.45) is 5.41 Å². The van der Waals surface area contributed by atoms with Crippen LogP contribution in [0.2, 0.25) is 0 Å². The zero-order valence-electron chi connectivity index (χ0n) is 13.0. The Kier molecular flexibility index (Phi) is 3.72. The fourth-order valence-corrected chi connectivity index (χ4v) is 5.94. The van der Waals surface area contributed by atoms with E-state index in [0.29, 0.717) is 18.1 Å². The summed E-state index contributed by atoms with van der Waals surface area (Å²) < 4.78 is 42.4. The molecule has 2 heterocycles. The van der Waals surface area contributed by atoms with Gasteiger partial charge in [-0.05, 0) is 38.9 Å². The molecule has 2 fully saturated rings. The SMILES string of the molecule is CC(C)(CN1CCC2(C1)CS(=O)(=O)C2)Oc1ccccc1F. The van der Waals surface area contributed by atoms with E-state index in [9.17, 15) is 12.8 Å². The summed E-state index contributed by atoms with van der Waals surface area (Å²) in [6, 6.07) is 6.39. The standard InChI is InChI=1S/C16H22FNO3S/c1-15(2,21-14-6-4-3-5-13(14)17)9-18-8-7-16(10-18)11-22(19,20)12-16/h3-6H,7-12H2,1-2H3. The number of hydrogen-bond donors (Lipinski definition) is 0. The average molecular weight is 327 g/mol. The van der Waals surface area contributed by atoms with E-state index in [1.807, 2.05) is 13.8 Å². The molecule has 2 saturated heterocycles. The molecule has 122 valence electrons. The van der Waals surface area contributed by atoms with Gasteiger partial charge in [0, 0.05) is 18.5 Å². The molecule has 0 unspecified atom stereocenters. The Bertz CT molecular complexity index is 660. The summed E-state index contributed by atoms with van der Waals surface area (Å²) in [6.45, 7) is 6.18. The van der Waals surface area contributed by atoms with Crippen LogP contribution in [0.25, 0.3) is 0 Å². The molecule has 1 spiro atoms. The lowest BCUT2D eigenvalue weighted by molar-refractivity contribution is 0.0610. The molecule has 22 heavy (non-hydrogen) atoms. The highest BCUT2D eigenvalue weighted by molar-refractivity contribution is 7.92. The van der Waals surface area contributed by atoms with Gasteiger partial charge in [0.05, 0.1) is 11.5 Å². The normalized spacial score (nSPS) is 23.4. The number of para-hydroxylation sites is 1. The summed E-state index contributed by atoms with van der Waals surface area (Å²) in [7, 11) is -2.80. The first-order chi connectivity index (χ1) is 10.2. The molecule has 0 atom stereocenters. The van der Waals surface area contributed by atoms with Crippen LogP contribution >= 0.6 is 0 Å². The summed E-state index contributed by atoms with van der Waals surface area (Å²) in [5.41, 5.74) is -0.580. The Morgan fingerprint density at radius 3 is 2.64 bits per heavy atom. The van der Waals surface area contributed by atoms with E-state index in [-0.39, 0.29) is 17.0 Å². The highest BCUT2D eigenvalue weighted by Gasteiger charge is 2.52. The van der Waals surface area contributed by atoms with Crippen molar-refractivity contribution in [1.82, 2.24) is 4.90 Å². The van der Waals surface area contributed by atoms with Gasteiger partial charge >= 0.3 is 0 Å². The molecule has 1 aromatic carbocycles. The maximum Gasteiger partial charge on any atom is 0.165 e. The molecule has 2 aliphatic rings. The van der Waals surface area contributed by atoms with E-state index >= 15 is 0 Å². The zero-order valence-corrected chi connectivity index (χ0v) is 13.8. The van der Waals surface area contributed by atoms with E-state index in [1.165, 1.54) is 6.07 Å². The fourth-order valence-electron chi connectivity index (χ4n) is 3.69. The first-order valence-electron chi connectivity index (χ1n) is 7.55. The maximum absolute atomic E-state index is 13.7. The highest BCUT2D eigenvalue weighted by atomic mass is 32.2. The molecule has 0 N–H and O–H groups in total. The van der Waals surface area contributed by atoms with E-state index in [4.69, 9.17) is 4.74 Å². The highest BCUT2D eigenvalue weighted by Crippen LogP contribution is 2.41. The van der Waals surface area contributed by atoms with Gasteiger partial charge in [0.2, 0.25) is 0 Å². The molecule has 0 aliphatic carbocycles. The van der Waals surface area contributed by atoms with Crippen molar-refractivity contribution in [3.8, 4) is 5.75 Å². The Balaban J connectivity index is 1.60. The van der Waals surface area contributed by atoms with Gasteiger partial charge in [-0.25, -0.2) is 12.8 Å². The van der Waals surface area contributed by atoms with Crippen LogP contribution in [0.3, 0.4) is 0 Å². The van der Waals surface area contributed by atoms with Crippen molar-refractivity contribution in [3.63, 3.8) is 0 Å². The molecule has 6 heteroatoms. The van der Waals surface area contributed by atoms with Crippen LogP contribution < -0.4 is 4.74 Å². The molecule has 0 radical (unpaired) electrons.